The summed E-state index contributed by atoms with van der Waals surface area (Å²) in [6, 6.07) is 8.69. The molecule has 0 aliphatic carbocycles. The van der Waals surface area contributed by atoms with Gasteiger partial charge in [0.25, 0.3) is 0 Å². The van der Waals surface area contributed by atoms with Crippen molar-refractivity contribution in [2.24, 2.45) is 0 Å². The van der Waals surface area contributed by atoms with E-state index in [9.17, 15) is 4.39 Å². The zero-order chi connectivity index (χ0) is 13.0. The largest absolute Gasteiger partial charge is 0.306 e. The molecule has 1 aromatic heterocycles. The maximum absolute atomic E-state index is 13.6. The van der Waals surface area contributed by atoms with E-state index in [-0.39, 0.29) is 11.9 Å². The molecule has 0 aliphatic heterocycles. The molecule has 0 spiro atoms. The van der Waals surface area contributed by atoms with Gasteiger partial charge in [0, 0.05) is 35.6 Å². The Hall–Kier alpha value is -1.45. The van der Waals surface area contributed by atoms with Gasteiger partial charge in [0.05, 0.1) is 0 Å². The Bertz CT molecular complexity index is 496. The molecule has 0 amide bonds. The van der Waals surface area contributed by atoms with Gasteiger partial charge in [0.2, 0.25) is 0 Å². The highest BCUT2D eigenvalue weighted by molar-refractivity contribution is 6.31. The molecule has 0 saturated carbocycles. The maximum atomic E-state index is 13.6. The molecule has 0 fully saturated rings. The molecule has 0 radical (unpaired) electrons. The molecule has 1 N–H and O–H groups in total. The van der Waals surface area contributed by atoms with Gasteiger partial charge in [-0.2, -0.15) is 0 Å². The van der Waals surface area contributed by atoms with E-state index in [1.54, 1.807) is 24.5 Å². The van der Waals surface area contributed by atoms with E-state index >= 15 is 0 Å². The van der Waals surface area contributed by atoms with E-state index in [4.69, 9.17) is 11.6 Å². The van der Waals surface area contributed by atoms with Crippen LogP contribution < -0.4 is 5.32 Å². The van der Waals surface area contributed by atoms with Gasteiger partial charge >= 0.3 is 0 Å². The van der Waals surface area contributed by atoms with Crippen LogP contribution >= 0.6 is 11.6 Å². The molecule has 94 valence electrons. The van der Waals surface area contributed by atoms with Crippen molar-refractivity contribution in [3.05, 3.63) is 64.7 Å². The van der Waals surface area contributed by atoms with Gasteiger partial charge in [-0.05, 0) is 36.8 Å². The van der Waals surface area contributed by atoms with Gasteiger partial charge < -0.3 is 5.32 Å². The van der Waals surface area contributed by atoms with Crippen LogP contribution in [-0.2, 0) is 6.54 Å². The molecule has 2 aromatic rings. The van der Waals surface area contributed by atoms with Gasteiger partial charge in [-0.3, -0.25) is 4.98 Å². The van der Waals surface area contributed by atoms with Crippen molar-refractivity contribution >= 4 is 11.6 Å². The van der Waals surface area contributed by atoms with Crippen LogP contribution in [0.15, 0.2) is 42.7 Å². The molecule has 2 nitrogen and oxygen atoms in total. The number of nitrogens with zero attached hydrogens (tertiary/aromatic N) is 1. The van der Waals surface area contributed by atoms with Crippen LogP contribution in [0.1, 0.15) is 24.1 Å². The summed E-state index contributed by atoms with van der Waals surface area (Å²) in [6.45, 7) is 2.42. The van der Waals surface area contributed by atoms with Crippen molar-refractivity contribution in [1.29, 1.82) is 0 Å². The first-order valence-electron chi connectivity index (χ1n) is 5.74. The molecule has 0 aliphatic rings. The number of hydrogen-bond acceptors (Lipinski definition) is 2. The molecular formula is C14H14ClFN2. The normalized spacial score (nSPS) is 12.4. The van der Waals surface area contributed by atoms with Crippen LogP contribution in [-0.4, -0.2) is 4.98 Å². The summed E-state index contributed by atoms with van der Waals surface area (Å²) in [5.74, 6) is -0.281. The monoisotopic (exact) mass is 264 g/mol. The molecule has 1 atom stereocenters. The molecule has 1 aromatic carbocycles. The Morgan fingerprint density at radius 3 is 2.67 bits per heavy atom. The number of nitrogens with one attached hydrogen (secondary N) is 1. The van der Waals surface area contributed by atoms with Gasteiger partial charge in [0.15, 0.2) is 0 Å². The summed E-state index contributed by atoms with van der Waals surface area (Å²) in [7, 11) is 0. The van der Waals surface area contributed by atoms with Crippen molar-refractivity contribution in [3.8, 4) is 0 Å². The first kappa shape index (κ1) is 13.0. The number of rotatable bonds is 4. The topological polar surface area (TPSA) is 24.9 Å². The lowest BCUT2D eigenvalue weighted by Crippen LogP contribution is -2.19. The minimum Gasteiger partial charge on any atom is -0.306 e. The first-order valence-corrected chi connectivity index (χ1v) is 6.12. The predicted molar refractivity (Wildman–Crippen MR) is 70.9 cm³/mol. The Kier molecular flexibility index (Phi) is 4.28. The zero-order valence-corrected chi connectivity index (χ0v) is 10.8. The van der Waals surface area contributed by atoms with Crippen LogP contribution in [0.2, 0.25) is 5.02 Å². The third kappa shape index (κ3) is 3.06. The first-order chi connectivity index (χ1) is 8.68. The Balaban J connectivity index is 2.04. The van der Waals surface area contributed by atoms with Crippen LogP contribution in [0.4, 0.5) is 4.39 Å². The quantitative estimate of drug-likeness (QED) is 0.910. The maximum Gasteiger partial charge on any atom is 0.129 e. The summed E-state index contributed by atoms with van der Waals surface area (Å²) in [5.41, 5.74) is 1.61. The highest BCUT2D eigenvalue weighted by Gasteiger charge is 2.09. The summed E-state index contributed by atoms with van der Waals surface area (Å²) < 4.78 is 13.6. The predicted octanol–water partition coefficient (Wildman–Crippen LogP) is 3.72. The fraction of sp³-hybridized carbons (Fsp3) is 0.214. The van der Waals surface area contributed by atoms with Crippen molar-refractivity contribution < 1.29 is 4.39 Å². The fourth-order valence-corrected chi connectivity index (χ4v) is 1.96. The Morgan fingerprint density at radius 2 is 2.00 bits per heavy atom. The third-order valence-electron chi connectivity index (χ3n) is 2.85. The molecular weight excluding hydrogens is 251 g/mol. The Morgan fingerprint density at radius 1 is 1.28 bits per heavy atom. The number of aromatic nitrogens is 1. The van der Waals surface area contributed by atoms with Crippen LogP contribution in [0, 0.1) is 5.82 Å². The number of hydrogen-bond donors (Lipinski definition) is 1. The smallest absolute Gasteiger partial charge is 0.129 e. The zero-order valence-electron chi connectivity index (χ0n) is 10.0. The SMILES string of the molecule is C[C@H](NCc1c(F)cccc1Cl)c1ccncc1. The number of benzene rings is 1. The van der Waals surface area contributed by atoms with Crippen molar-refractivity contribution in [2.75, 3.05) is 0 Å². The second kappa shape index (κ2) is 5.94. The minimum atomic E-state index is -0.281. The van der Waals surface area contributed by atoms with E-state index < -0.39 is 0 Å². The van der Waals surface area contributed by atoms with E-state index in [1.807, 2.05) is 19.1 Å². The van der Waals surface area contributed by atoms with E-state index in [2.05, 4.69) is 10.3 Å². The van der Waals surface area contributed by atoms with E-state index in [1.165, 1.54) is 6.07 Å². The lowest BCUT2D eigenvalue weighted by atomic mass is 10.1. The van der Waals surface area contributed by atoms with Gasteiger partial charge in [-0.25, -0.2) is 4.39 Å². The molecule has 1 heterocycles. The lowest BCUT2D eigenvalue weighted by Gasteiger charge is -2.15. The van der Waals surface area contributed by atoms with E-state index in [0.717, 1.165) is 5.56 Å². The minimum absolute atomic E-state index is 0.115. The van der Waals surface area contributed by atoms with Gasteiger partial charge in [-0.1, -0.05) is 17.7 Å². The summed E-state index contributed by atoms with van der Waals surface area (Å²) in [6.07, 6.45) is 3.48. The second-order valence-electron chi connectivity index (χ2n) is 4.08. The van der Waals surface area contributed by atoms with Crippen LogP contribution in [0.5, 0.6) is 0 Å². The average molecular weight is 265 g/mol. The third-order valence-corrected chi connectivity index (χ3v) is 3.21. The van der Waals surface area contributed by atoms with Crippen LogP contribution in [0.3, 0.4) is 0 Å². The van der Waals surface area contributed by atoms with E-state index in [0.29, 0.717) is 17.1 Å². The van der Waals surface area contributed by atoms with Crippen molar-refractivity contribution in [2.45, 2.75) is 19.5 Å². The Labute approximate surface area is 111 Å². The second-order valence-corrected chi connectivity index (χ2v) is 4.49. The summed E-state index contributed by atoms with van der Waals surface area (Å²) in [5, 5.41) is 3.69. The number of halogens is 2. The number of pyridine rings is 1. The molecule has 0 saturated heterocycles. The van der Waals surface area contributed by atoms with Gasteiger partial charge in [-0.15, -0.1) is 0 Å². The fourth-order valence-electron chi connectivity index (χ4n) is 1.73. The highest BCUT2D eigenvalue weighted by Crippen LogP contribution is 2.20. The van der Waals surface area contributed by atoms with Crippen LogP contribution in [0.25, 0.3) is 0 Å². The van der Waals surface area contributed by atoms with Crippen molar-refractivity contribution in [3.63, 3.8) is 0 Å². The lowest BCUT2D eigenvalue weighted by molar-refractivity contribution is 0.544. The highest BCUT2D eigenvalue weighted by atomic mass is 35.5. The molecule has 18 heavy (non-hydrogen) atoms. The molecule has 4 heteroatoms. The van der Waals surface area contributed by atoms with Gasteiger partial charge in [0.1, 0.15) is 5.82 Å². The van der Waals surface area contributed by atoms with Crippen molar-refractivity contribution in [1.82, 2.24) is 10.3 Å². The standard InChI is InChI=1S/C14H14ClFN2/c1-10(11-5-7-17-8-6-11)18-9-12-13(15)3-2-4-14(12)16/h2-8,10,18H,9H2,1H3/t10-/m0/s1. The molecule has 0 bridgehead atoms. The summed E-state index contributed by atoms with van der Waals surface area (Å²) in [4.78, 5) is 3.97. The molecule has 2 rings (SSSR count). The molecule has 0 unspecified atom stereocenters. The average Bonchev–Trinajstić information content (AvgIpc) is 2.39. The summed E-state index contributed by atoms with van der Waals surface area (Å²) >= 11 is 5.97.